The zero-order valence-corrected chi connectivity index (χ0v) is 9.15. The first kappa shape index (κ1) is 11.9. The van der Waals surface area contributed by atoms with Crippen molar-refractivity contribution in [2.24, 2.45) is 0 Å². The molecule has 0 amide bonds. The molecule has 1 aromatic carbocycles. The van der Waals surface area contributed by atoms with Crippen LogP contribution in [0.4, 0.5) is 0 Å². The molecule has 0 fully saturated rings. The van der Waals surface area contributed by atoms with Crippen LogP contribution in [-0.4, -0.2) is 17.0 Å². The minimum Gasteiger partial charge on any atom is -0.385 e. The summed E-state index contributed by atoms with van der Waals surface area (Å²) >= 11 is 0. The summed E-state index contributed by atoms with van der Waals surface area (Å²) in [4.78, 5) is 11.3. The Labute approximate surface area is 90.9 Å². The Bertz CT molecular complexity index is 293. The van der Waals surface area contributed by atoms with E-state index in [9.17, 15) is 9.90 Å². The molecule has 1 rings (SSSR count). The molecule has 0 aromatic heterocycles. The SMILES string of the molecule is CCCC(=O)[C@H](O)CCc1ccccc1. The van der Waals surface area contributed by atoms with Crippen LogP contribution in [0.15, 0.2) is 30.3 Å². The molecule has 0 bridgehead atoms. The Morgan fingerprint density at radius 3 is 2.60 bits per heavy atom. The molecule has 82 valence electrons. The van der Waals surface area contributed by atoms with Crippen LogP contribution >= 0.6 is 0 Å². The molecule has 0 saturated carbocycles. The first-order chi connectivity index (χ1) is 7.24. The van der Waals surface area contributed by atoms with Gasteiger partial charge in [-0.3, -0.25) is 4.79 Å². The van der Waals surface area contributed by atoms with E-state index in [0.717, 1.165) is 12.8 Å². The number of carbonyl (C=O) groups excluding carboxylic acids is 1. The van der Waals surface area contributed by atoms with Gasteiger partial charge in [0, 0.05) is 6.42 Å². The Morgan fingerprint density at radius 2 is 2.00 bits per heavy atom. The summed E-state index contributed by atoms with van der Waals surface area (Å²) in [5.74, 6) is -0.0339. The van der Waals surface area contributed by atoms with E-state index in [-0.39, 0.29) is 5.78 Å². The normalized spacial score (nSPS) is 12.4. The molecule has 0 radical (unpaired) electrons. The molecule has 0 spiro atoms. The highest BCUT2D eigenvalue weighted by Crippen LogP contribution is 2.07. The summed E-state index contributed by atoms with van der Waals surface area (Å²) in [5.41, 5.74) is 1.17. The van der Waals surface area contributed by atoms with Crippen molar-refractivity contribution in [3.63, 3.8) is 0 Å². The average molecular weight is 206 g/mol. The van der Waals surface area contributed by atoms with Crippen molar-refractivity contribution in [3.8, 4) is 0 Å². The van der Waals surface area contributed by atoms with Crippen molar-refractivity contribution in [1.82, 2.24) is 0 Å². The lowest BCUT2D eigenvalue weighted by molar-refractivity contribution is -0.127. The second-order valence-corrected chi connectivity index (χ2v) is 3.76. The molecule has 1 atom stereocenters. The molecular weight excluding hydrogens is 188 g/mol. The quantitative estimate of drug-likeness (QED) is 0.775. The van der Waals surface area contributed by atoms with Crippen LogP contribution in [0.3, 0.4) is 0 Å². The first-order valence-electron chi connectivity index (χ1n) is 5.48. The Balaban J connectivity index is 2.34. The van der Waals surface area contributed by atoms with Crippen molar-refractivity contribution >= 4 is 5.78 Å². The van der Waals surface area contributed by atoms with Gasteiger partial charge in [0.25, 0.3) is 0 Å². The number of aryl methyl sites for hydroxylation is 1. The molecule has 2 heteroatoms. The van der Waals surface area contributed by atoms with Crippen LogP contribution in [0.5, 0.6) is 0 Å². The number of rotatable bonds is 6. The van der Waals surface area contributed by atoms with E-state index >= 15 is 0 Å². The number of carbonyl (C=O) groups is 1. The molecule has 1 N–H and O–H groups in total. The van der Waals surface area contributed by atoms with Crippen LogP contribution in [0, 0.1) is 0 Å². The smallest absolute Gasteiger partial charge is 0.161 e. The van der Waals surface area contributed by atoms with E-state index in [1.54, 1.807) is 0 Å². The maximum atomic E-state index is 11.3. The highest BCUT2D eigenvalue weighted by Gasteiger charge is 2.13. The number of benzene rings is 1. The van der Waals surface area contributed by atoms with Crippen LogP contribution in [0.25, 0.3) is 0 Å². The lowest BCUT2D eigenvalue weighted by atomic mass is 10.0. The largest absolute Gasteiger partial charge is 0.385 e. The summed E-state index contributed by atoms with van der Waals surface area (Å²) in [6.45, 7) is 1.95. The van der Waals surface area contributed by atoms with E-state index < -0.39 is 6.10 Å². The van der Waals surface area contributed by atoms with Gasteiger partial charge in [-0.2, -0.15) is 0 Å². The van der Waals surface area contributed by atoms with E-state index in [1.165, 1.54) is 5.56 Å². The highest BCUT2D eigenvalue weighted by atomic mass is 16.3. The predicted molar refractivity (Wildman–Crippen MR) is 60.7 cm³/mol. The molecule has 1 aromatic rings. The Kier molecular flexibility index (Phi) is 5.05. The molecule has 0 aliphatic heterocycles. The standard InChI is InChI=1S/C13H18O2/c1-2-6-12(14)13(15)10-9-11-7-4-3-5-8-11/h3-5,7-8,13,15H,2,6,9-10H2,1H3/t13-/m1/s1. The zero-order chi connectivity index (χ0) is 11.1. The van der Waals surface area contributed by atoms with Crippen LogP contribution in [0.1, 0.15) is 31.7 Å². The molecule has 2 nitrogen and oxygen atoms in total. The van der Waals surface area contributed by atoms with Gasteiger partial charge in [-0.1, -0.05) is 37.3 Å². The van der Waals surface area contributed by atoms with Gasteiger partial charge in [0.15, 0.2) is 5.78 Å². The number of Topliss-reactive ketones (excluding diaryl/α,β-unsaturated/α-hetero) is 1. The fourth-order valence-electron chi connectivity index (χ4n) is 1.52. The van der Waals surface area contributed by atoms with E-state index in [1.807, 2.05) is 37.3 Å². The van der Waals surface area contributed by atoms with Crippen LogP contribution in [0.2, 0.25) is 0 Å². The molecule has 0 aliphatic carbocycles. The maximum absolute atomic E-state index is 11.3. The van der Waals surface area contributed by atoms with Crippen molar-refractivity contribution in [2.45, 2.75) is 38.7 Å². The fraction of sp³-hybridized carbons (Fsp3) is 0.462. The molecule has 0 heterocycles. The highest BCUT2D eigenvalue weighted by molar-refractivity contribution is 5.82. The van der Waals surface area contributed by atoms with E-state index in [2.05, 4.69) is 0 Å². The first-order valence-corrected chi connectivity index (χ1v) is 5.48. The summed E-state index contributed by atoms with van der Waals surface area (Å²) in [7, 11) is 0. The third kappa shape index (κ3) is 4.26. The minimum absolute atomic E-state index is 0.0339. The zero-order valence-electron chi connectivity index (χ0n) is 9.15. The van der Waals surface area contributed by atoms with Crippen molar-refractivity contribution in [2.75, 3.05) is 0 Å². The third-order valence-corrected chi connectivity index (χ3v) is 2.42. The van der Waals surface area contributed by atoms with Crippen LogP contribution < -0.4 is 0 Å². The molecular formula is C13H18O2. The van der Waals surface area contributed by atoms with Gasteiger partial charge >= 0.3 is 0 Å². The van der Waals surface area contributed by atoms with Crippen molar-refractivity contribution < 1.29 is 9.90 Å². The third-order valence-electron chi connectivity index (χ3n) is 2.42. The topological polar surface area (TPSA) is 37.3 Å². The number of hydrogen-bond donors (Lipinski definition) is 1. The Hall–Kier alpha value is -1.15. The average Bonchev–Trinajstić information content (AvgIpc) is 2.27. The number of aliphatic hydroxyl groups is 1. The minimum atomic E-state index is -0.787. The molecule has 0 unspecified atom stereocenters. The van der Waals surface area contributed by atoms with Gasteiger partial charge in [-0.05, 0) is 24.8 Å². The molecule has 0 aliphatic rings. The van der Waals surface area contributed by atoms with E-state index in [4.69, 9.17) is 0 Å². The second kappa shape index (κ2) is 6.36. The molecule has 15 heavy (non-hydrogen) atoms. The summed E-state index contributed by atoms with van der Waals surface area (Å²) in [6, 6.07) is 9.92. The summed E-state index contributed by atoms with van der Waals surface area (Å²) in [6.07, 6.45) is 1.79. The molecule has 0 saturated heterocycles. The fourth-order valence-corrected chi connectivity index (χ4v) is 1.52. The van der Waals surface area contributed by atoms with E-state index in [0.29, 0.717) is 12.8 Å². The lowest BCUT2D eigenvalue weighted by Gasteiger charge is -2.08. The lowest BCUT2D eigenvalue weighted by Crippen LogP contribution is -2.20. The van der Waals surface area contributed by atoms with Crippen molar-refractivity contribution in [1.29, 1.82) is 0 Å². The Morgan fingerprint density at radius 1 is 1.33 bits per heavy atom. The van der Waals surface area contributed by atoms with Gasteiger partial charge in [0.2, 0.25) is 0 Å². The van der Waals surface area contributed by atoms with Gasteiger partial charge in [0.1, 0.15) is 6.10 Å². The van der Waals surface area contributed by atoms with Gasteiger partial charge in [0.05, 0.1) is 0 Å². The van der Waals surface area contributed by atoms with Gasteiger partial charge in [-0.25, -0.2) is 0 Å². The van der Waals surface area contributed by atoms with Gasteiger partial charge < -0.3 is 5.11 Å². The number of ketones is 1. The summed E-state index contributed by atoms with van der Waals surface area (Å²) in [5, 5.41) is 9.56. The summed E-state index contributed by atoms with van der Waals surface area (Å²) < 4.78 is 0. The maximum Gasteiger partial charge on any atom is 0.161 e. The van der Waals surface area contributed by atoms with Crippen LogP contribution in [-0.2, 0) is 11.2 Å². The number of hydrogen-bond acceptors (Lipinski definition) is 2. The van der Waals surface area contributed by atoms with Crippen molar-refractivity contribution in [3.05, 3.63) is 35.9 Å². The monoisotopic (exact) mass is 206 g/mol. The van der Waals surface area contributed by atoms with Gasteiger partial charge in [-0.15, -0.1) is 0 Å². The second-order valence-electron chi connectivity index (χ2n) is 3.76. The predicted octanol–water partition coefficient (Wildman–Crippen LogP) is 2.35. The number of aliphatic hydroxyl groups excluding tert-OH is 1.